The average molecular weight is 460 g/mol. The molecule has 0 spiro atoms. The van der Waals surface area contributed by atoms with Crippen LogP contribution in [0, 0.1) is 0 Å². The molecule has 5 rings (SSSR count). The van der Waals surface area contributed by atoms with Gasteiger partial charge in [-0.1, -0.05) is 0 Å². The van der Waals surface area contributed by atoms with Gasteiger partial charge in [0, 0.05) is 57.2 Å². The van der Waals surface area contributed by atoms with E-state index in [2.05, 4.69) is 10.1 Å². The molecule has 0 aliphatic carbocycles. The summed E-state index contributed by atoms with van der Waals surface area (Å²) in [4.78, 5) is 32.9. The molecule has 3 aromatic heterocycles. The summed E-state index contributed by atoms with van der Waals surface area (Å²) in [6, 6.07) is 5.13. The third-order valence-electron chi connectivity index (χ3n) is 5.82. The van der Waals surface area contributed by atoms with Crippen molar-refractivity contribution in [1.29, 1.82) is 0 Å². The highest BCUT2D eigenvalue weighted by Crippen LogP contribution is 2.36. The molecule has 174 valence electrons. The summed E-state index contributed by atoms with van der Waals surface area (Å²) < 4.78 is 40.2. The van der Waals surface area contributed by atoms with E-state index in [1.54, 1.807) is 24.4 Å². The van der Waals surface area contributed by atoms with Gasteiger partial charge in [0.05, 0.1) is 12.1 Å². The maximum atomic E-state index is 13.4. The minimum absolute atomic E-state index is 0.00496. The van der Waals surface area contributed by atoms with Gasteiger partial charge in [0.2, 0.25) is 0 Å². The van der Waals surface area contributed by atoms with Crippen LogP contribution in [0.1, 0.15) is 23.2 Å². The quantitative estimate of drug-likeness (QED) is 0.587. The highest BCUT2D eigenvalue weighted by molar-refractivity contribution is 5.95. The topological polar surface area (TPSA) is 94.2 Å². The Balaban J connectivity index is 1.42. The van der Waals surface area contributed by atoms with Crippen LogP contribution < -0.4 is 15.3 Å². The van der Waals surface area contributed by atoms with Gasteiger partial charge in [-0.2, -0.15) is 4.68 Å². The number of anilines is 2. The number of hydrogen-bond donors (Lipinski definition) is 0. The Bertz CT molecular complexity index is 1260. The van der Waals surface area contributed by atoms with Crippen molar-refractivity contribution in [2.75, 3.05) is 38.3 Å². The van der Waals surface area contributed by atoms with Crippen molar-refractivity contribution in [2.45, 2.75) is 25.5 Å². The lowest BCUT2D eigenvalue weighted by Crippen LogP contribution is -2.42. The molecule has 0 radical (unpaired) electrons. The van der Waals surface area contributed by atoms with Gasteiger partial charge < -0.3 is 19.3 Å². The number of fused-ring (bicyclic) bond motifs is 2. The molecule has 3 aromatic rings. The molecule has 10 nitrogen and oxygen atoms in total. The largest absolute Gasteiger partial charge is 0.488 e. The molecular weight excluding hydrogens is 438 g/mol. The van der Waals surface area contributed by atoms with Crippen molar-refractivity contribution in [3.8, 4) is 5.75 Å². The number of piperidine rings is 1. The fraction of sp³-hybridized carbons (Fsp3) is 0.429. The molecule has 1 amide bonds. The fourth-order valence-electron chi connectivity index (χ4n) is 4.07. The first-order chi connectivity index (χ1) is 15.9. The fourth-order valence-corrected chi connectivity index (χ4v) is 4.07. The van der Waals surface area contributed by atoms with Crippen LogP contribution in [-0.4, -0.2) is 69.2 Å². The molecule has 0 atom stereocenters. The lowest BCUT2D eigenvalue weighted by atomic mass is 10.1. The van der Waals surface area contributed by atoms with Crippen LogP contribution in [0.25, 0.3) is 5.65 Å². The molecule has 33 heavy (non-hydrogen) atoms. The standard InChI is InChI=1S/C21H22F2N6O4/c1-32-13-29-20(31)28-5-2-15(11-17(28)25-29)27-8-9-33-16-10-14(12-24-18(16)27)19(30)26-6-3-21(22,23)4-7-26/h2,5,10-12H,3-4,6-9,13H2,1H3. The second-order valence-electron chi connectivity index (χ2n) is 8.01. The normalized spacial score (nSPS) is 17.7. The molecule has 5 heterocycles. The SMILES string of the molecule is COCn1nc2cc(N3CCOc4cc(C(=O)N5CCC(F)(F)CC5)cnc43)ccn2c1=O. The summed E-state index contributed by atoms with van der Waals surface area (Å²) in [5, 5.41) is 4.27. The van der Waals surface area contributed by atoms with Crippen LogP contribution in [0.15, 0.2) is 35.4 Å². The molecule has 0 N–H and O–H groups in total. The summed E-state index contributed by atoms with van der Waals surface area (Å²) in [5.41, 5.74) is 1.20. The third-order valence-corrected chi connectivity index (χ3v) is 5.82. The number of halogens is 2. The second kappa shape index (κ2) is 8.10. The van der Waals surface area contributed by atoms with Gasteiger partial charge in [0.15, 0.2) is 17.2 Å². The van der Waals surface area contributed by atoms with Crippen molar-refractivity contribution in [1.82, 2.24) is 24.1 Å². The van der Waals surface area contributed by atoms with E-state index in [1.165, 1.54) is 27.3 Å². The number of ether oxygens (including phenoxy) is 2. The van der Waals surface area contributed by atoms with Crippen LogP contribution >= 0.6 is 0 Å². The first kappa shape index (κ1) is 21.3. The first-order valence-electron chi connectivity index (χ1n) is 10.5. The van der Waals surface area contributed by atoms with E-state index < -0.39 is 5.92 Å². The van der Waals surface area contributed by atoms with Gasteiger partial charge in [0.1, 0.15) is 13.3 Å². The number of rotatable bonds is 4. The number of likely N-dealkylation sites (tertiary alicyclic amines) is 1. The first-order valence-corrected chi connectivity index (χ1v) is 10.5. The van der Waals surface area contributed by atoms with E-state index in [1.807, 2.05) is 4.90 Å². The monoisotopic (exact) mass is 460 g/mol. The molecule has 2 aliphatic rings. The Labute approximate surface area is 186 Å². The molecule has 0 unspecified atom stereocenters. The van der Waals surface area contributed by atoms with E-state index >= 15 is 0 Å². The molecule has 0 bridgehead atoms. The van der Waals surface area contributed by atoms with E-state index in [0.717, 1.165) is 5.69 Å². The maximum Gasteiger partial charge on any atom is 0.352 e. The molecule has 2 aliphatic heterocycles. The predicted molar refractivity (Wildman–Crippen MR) is 113 cm³/mol. The highest BCUT2D eigenvalue weighted by Gasteiger charge is 2.36. The molecular formula is C21H22F2N6O4. The van der Waals surface area contributed by atoms with Gasteiger partial charge in [-0.25, -0.2) is 18.6 Å². The number of nitrogens with zero attached hydrogens (tertiary/aromatic N) is 6. The van der Waals surface area contributed by atoms with Gasteiger partial charge >= 0.3 is 5.69 Å². The lowest BCUT2D eigenvalue weighted by Gasteiger charge is -2.32. The van der Waals surface area contributed by atoms with Crippen molar-refractivity contribution in [3.05, 3.63) is 46.6 Å². The Morgan fingerprint density at radius 3 is 2.79 bits per heavy atom. The van der Waals surface area contributed by atoms with E-state index in [0.29, 0.717) is 35.9 Å². The highest BCUT2D eigenvalue weighted by atomic mass is 19.3. The minimum atomic E-state index is -2.72. The van der Waals surface area contributed by atoms with Gasteiger partial charge in [-0.3, -0.25) is 9.20 Å². The van der Waals surface area contributed by atoms with Gasteiger partial charge in [0.25, 0.3) is 11.8 Å². The van der Waals surface area contributed by atoms with Crippen molar-refractivity contribution >= 4 is 23.1 Å². The van der Waals surface area contributed by atoms with Crippen LogP contribution in [0.3, 0.4) is 0 Å². The summed E-state index contributed by atoms with van der Waals surface area (Å²) in [7, 11) is 1.48. The zero-order valence-electron chi connectivity index (χ0n) is 17.9. The molecule has 1 saturated heterocycles. The van der Waals surface area contributed by atoms with Crippen molar-refractivity contribution in [3.63, 3.8) is 0 Å². The Kier molecular flexibility index (Phi) is 5.23. The van der Waals surface area contributed by atoms with Crippen molar-refractivity contribution in [2.24, 2.45) is 0 Å². The average Bonchev–Trinajstić information content (AvgIpc) is 3.12. The Hall–Kier alpha value is -3.54. The van der Waals surface area contributed by atoms with Gasteiger partial charge in [-0.05, 0) is 12.1 Å². The van der Waals surface area contributed by atoms with Crippen LogP contribution in [0.2, 0.25) is 0 Å². The van der Waals surface area contributed by atoms with E-state index in [4.69, 9.17) is 9.47 Å². The number of pyridine rings is 2. The molecule has 1 fully saturated rings. The maximum absolute atomic E-state index is 13.4. The summed E-state index contributed by atoms with van der Waals surface area (Å²) >= 11 is 0. The number of methoxy groups -OCH3 is 1. The van der Waals surface area contributed by atoms with E-state index in [-0.39, 0.29) is 44.3 Å². The van der Waals surface area contributed by atoms with Crippen LogP contribution in [-0.2, 0) is 11.5 Å². The smallest absolute Gasteiger partial charge is 0.352 e. The zero-order valence-corrected chi connectivity index (χ0v) is 17.9. The van der Waals surface area contributed by atoms with E-state index in [9.17, 15) is 18.4 Å². The number of hydrogen-bond acceptors (Lipinski definition) is 7. The third kappa shape index (κ3) is 3.90. The zero-order chi connectivity index (χ0) is 23.2. The molecule has 0 aromatic carbocycles. The number of alkyl halides is 2. The number of aromatic nitrogens is 4. The Morgan fingerprint density at radius 2 is 2.03 bits per heavy atom. The van der Waals surface area contributed by atoms with Crippen LogP contribution in [0.5, 0.6) is 5.75 Å². The molecule has 12 heteroatoms. The van der Waals surface area contributed by atoms with Crippen LogP contribution in [0.4, 0.5) is 20.3 Å². The predicted octanol–water partition coefficient (Wildman–Crippen LogP) is 1.90. The number of carbonyl (C=O) groups is 1. The summed E-state index contributed by atoms with van der Waals surface area (Å²) in [6.07, 6.45) is 2.39. The van der Waals surface area contributed by atoms with Gasteiger partial charge in [-0.15, -0.1) is 5.10 Å². The number of carbonyl (C=O) groups excluding carboxylic acids is 1. The summed E-state index contributed by atoms with van der Waals surface area (Å²) in [5.74, 6) is -2.12. The Morgan fingerprint density at radius 1 is 1.24 bits per heavy atom. The minimum Gasteiger partial charge on any atom is -0.488 e. The summed E-state index contributed by atoms with van der Waals surface area (Å²) in [6.45, 7) is 0.922. The second-order valence-corrected chi connectivity index (χ2v) is 8.01. The van der Waals surface area contributed by atoms with Crippen molar-refractivity contribution < 1.29 is 23.0 Å². The number of amides is 1. The lowest BCUT2D eigenvalue weighted by molar-refractivity contribution is -0.0494. The molecule has 0 saturated carbocycles.